The van der Waals surface area contributed by atoms with Crippen LogP contribution in [0, 0.1) is 5.92 Å². The summed E-state index contributed by atoms with van der Waals surface area (Å²) in [5.74, 6) is 0.0471. The number of ether oxygens (including phenoxy) is 3. The first-order valence-electron chi connectivity index (χ1n) is 9.18. The Bertz CT molecular complexity index is 455. The average molecular weight is 387 g/mol. The summed E-state index contributed by atoms with van der Waals surface area (Å²) >= 11 is 0. The molecule has 0 aliphatic heterocycles. The van der Waals surface area contributed by atoms with Crippen molar-refractivity contribution in [1.29, 1.82) is 0 Å². The summed E-state index contributed by atoms with van der Waals surface area (Å²) in [5, 5.41) is 2.67. The molecule has 0 fully saturated rings. The van der Waals surface area contributed by atoms with Gasteiger partial charge in [-0.25, -0.2) is 0 Å². The van der Waals surface area contributed by atoms with Crippen LogP contribution in [0.5, 0.6) is 0 Å². The van der Waals surface area contributed by atoms with E-state index in [1.807, 2.05) is 13.8 Å². The minimum Gasteiger partial charge on any atom is -0.378 e. The second-order valence-corrected chi connectivity index (χ2v) is 6.98. The monoisotopic (exact) mass is 387 g/mol. The van der Waals surface area contributed by atoms with Crippen LogP contribution in [0.4, 0.5) is 0 Å². The van der Waals surface area contributed by atoms with Gasteiger partial charge in [0.2, 0.25) is 6.41 Å². The van der Waals surface area contributed by atoms with Crippen LogP contribution in [0.2, 0.25) is 0 Å². The van der Waals surface area contributed by atoms with Gasteiger partial charge in [-0.3, -0.25) is 19.2 Å². The number of nitrogens with one attached hydrogen (secondary N) is 1. The molecule has 0 radical (unpaired) electrons. The van der Waals surface area contributed by atoms with Gasteiger partial charge in [0.25, 0.3) is 0 Å². The van der Waals surface area contributed by atoms with Crippen LogP contribution in [-0.2, 0) is 33.4 Å². The first-order valence-corrected chi connectivity index (χ1v) is 9.18. The van der Waals surface area contributed by atoms with E-state index in [1.54, 1.807) is 0 Å². The molecule has 0 saturated carbocycles. The summed E-state index contributed by atoms with van der Waals surface area (Å²) < 4.78 is 16.6. The van der Waals surface area contributed by atoms with Gasteiger partial charge >= 0.3 is 0 Å². The second-order valence-electron chi connectivity index (χ2n) is 6.98. The molecule has 1 N–H and O–H groups in total. The fourth-order valence-electron chi connectivity index (χ4n) is 2.07. The SMILES string of the molecule is CC(=O)CCOCC(COCCC(C)=O)(COCCC(=O)C(C)C)NC=O. The molecule has 156 valence electrons. The predicted octanol–water partition coefficient (Wildman–Crippen LogP) is 1.09. The highest BCUT2D eigenvalue weighted by Gasteiger charge is 2.31. The highest BCUT2D eigenvalue weighted by Crippen LogP contribution is 2.10. The summed E-state index contributed by atoms with van der Waals surface area (Å²) in [4.78, 5) is 44.8. The van der Waals surface area contributed by atoms with Crippen molar-refractivity contribution in [2.75, 3.05) is 39.6 Å². The van der Waals surface area contributed by atoms with Gasteiger partial charge in [-0.2, -0.15) is 0 Å². The molecule has 0 unspecified atom stereocenters. The van der Waals surface area contributed by atoms with Crippen LogP contribution < -0.4 is 5.32 Å². The molecule has 0 aromatic heterocycles. The van der Waals surface area contributed by atoms with Gasteiger partial charge in [0.1, 0.15) is 22.9 Å². The van der Waals surface area contributed by atoms with Crippen molar-refractivity contribution in [3.05, 3.63) is 0 Å². The van der Waals surface area contributed by atoms with Gasteiger partial charge in [0.15, 0.2) is 0 Å². The summed E-state index contributed by atoms with van der Waals surface area (Å²) in [7, 11) is 0. The van der Waals surface area contributed by atoms with E-state index < -0.39 is 5.54 Å². The van der Waals surface area contributed by atoms with Crippen LogP contribution in [0.25, 0.3) is 0 Å². The van der Waals surface area contributed by atoms with Gasteiger partial charge in [-0.15, -0.1) is 0 Å². The predicted molar refractivity (Wildman–Crippen MR) is 99.4 cm³/mol. The Morgan fingerprint density at radius 3 is 1.59 bits per heavy atom. The van der Waals surface area contributed by atoms with E-state index >= 15 is 0 Å². The third kappa shape index (κ3) is 13.2. The summed E-state index contributed by atoms with van der Waals surface area (Å²) in [6, 6.07) is 0. The van der Waals surface area contributed by atoms with Gasteiger partial charge < -0.3 is 19.5 Å². The molecular formula is C19H33NO7. The minimum atomic E-state index is -0.962. The van der Waals surface area contributed by atoms with Crippen molar-refractivity contribution in [2.24, 2.45) is 5.92 Å². The van der Waals surface area contributed by atoms with Crippen molar-refractivity contribution in [3.63, 3.8) is 0 Å². The number of ketones is 3. The molecule has 0 spiro atoms. The Labute approximate surface area is 161 Å². The smallest absolute Gasteiger partial charge is 0.207 e. The molecule has 0 bridgehead atoms. The molecule has 0 heterocycles. The van der Waals surface area contributed by atoms with E-state index in [-0.39, 0.29) is 82.2 Å². The zero-order valence-corrected chi connectivity index (χ0v) is 16.9. The van der Waals surface area contributed by atoms with Crippen LogP contribution in [0.3, 0.4) is 0 Å². The molecule has 0 rings (SSSR count). The normalized spacial score (nSPS) is 11.4. The van der Waals surface area contributed by atoms with E-state index in [2.05, 4.69) is 5.32 Å². The third-order valence-electron chi connectivity index (χ3n) is 3.83. The topological polar surface area (TPSA) is 108 Å². The average Bonchev–Trinajstić information content (AvgIpc) is 2.59. The van der Waals surface area contributed by atoms with Gasteiger partial charge in [-0.05, 0) is 13.8 Å². The zero-order valence-electron chi connectivity index (χ0n) is 16.9. The van der Waals surface area contributed by atoms with E-state index in [9.17, 15) is 19.2 Å². The number of Topliss-reactive ketones (excluding diaryl/α,β-unsaturated/α-hetero) is 3. The molecule has 1 amide bonds. The number of carbonyl (C=O) groups excluding carboxylic acids is 4. The van der Waals surface area contributed by atoms with E-state index in [0.29, 0.717) is 6.41 Å². The summed E-state index contributed by atoms with van der Waals surface area (Å²) in [6.07, 6.45) is 1.36. The standard InChI is InChI=1S/C19H33NO7/c1-15(2)18(24)7-10-27-13-19(20-14-21,11-25-8-5-16(3)22)12-26-9-6-17(4)23/h14-15H,5-13H2,1-4H3,(H,20,21). The molecule has 0 saturated heterocycles. The Morgan fingerprint density at radius 2 is 1.26 bits per heavy atom. The number of hydrogen-bond donors (Lipinski definition) is 1. The molecule has 0 aliphatic carbocycles. The maximum Gasteiger partial charge on any atom is 0.207 e. The first-order chi connectivity index (χ1) is 12.7. The highest BCUT2D eigenvalue weighted by molar-refractivity contribution is 5.80. The van der Waals surface area contributed by atoms with Gasteiger partial charge in [-0.1, -0.05) is 13.8 Å². The second kappa shape index (κ2) is 14.4. The summed E-state index contributed by atoms with van der Waals surface area (Å²) in [5.41, 5.74) is -0.962. The molecule has 0 aliphatic rings. The van der Waals surface area contributed by atoms with Crippen molar-refractivity contribution >= 4 is 23.8 Å². The fraction of sp³-hybridized carbons (Fsp3) is 0.789. The number of hydrogen-bond acceptors (Lipinski definition) is 7. The Balaban J connectivity index is 4.71. The molecule has 8 nitrogen and oxygen atoms in total. The number of carbonyl (C=O) groups is 4. The minimum absolute atomic E-state index is 0.00472. The lowest BCUT2D eigenvalue weighted by Crippen LogP contribution is -2.56. The maximum atomic E-state index is 11.7. The largest absolute Gasteiger partial charge is 0.378 e. The lowest BCUT2D eigenvalue weighted by molar-refractivity contribution is -0.124. The number of amides is 1. The number of rotatable bonds is 18. The first kappa shape index (κ1) is 25.4. The van der Waals surface area contributed by atoms with E-state index in [0.717, 1.165) is 0 Å². The Hall–Kier alpha value is -1.64. The van der Waals surface area contributed by atoms with Crippen LogP contribution in [-0.4, -0.2) is 68.9 Å². The highest BCUT2D eigenvalue weighted by atomic mass is 16.5. The maximum absolute atomic E-state index is 11.7. The summed E-state index contributed by atoms with van der Waals surface area (Å²) in [6.45, 7) is 7.50. The lowest BCUT2D eigenvalue weighted by Gasteiger charge is -2.32. The lowest BCUT2D eigenvalue weighted by atomic mass is 10.0. The molecule has 0 atom stereocenters. The fourth-order valence-corrected chi connectivity index (χ4v) is 2.07. The third-order valence-corrected chi connectivity index (χ3v) is 3.83. The van der Waals surface area contributed by atoms with Gasteiger partial charge in [0, 0.05) is 25.2 Å². The van der Waals surface area contributed by atoms with Crippen molar-refractivity contribution in [3.8, 4) is 0 Å². The van der Waals surface area contributed by atoms with Crippen LogP contribution in [0.15, 0.2) is 0 Å². The Kier molecular flexibility index (Phi) is 13.5. The molecule has 27 heavy (non-hydrogen) atoms. The molecule has 8 heteroatoms. The van der Waals surface area contributed by atoms with E-state index in [4.69, 9.17) is 14.2 Å². The van der Waals surface area contributed by atoms with E-state index in [1.165, 1.54) is 13.8 Å². The Morgan fingerprint density at radius 1 is 0.852 bits per heavy atom. The van der Waals surface area contributed by atoms with Crippen molar-refractivity contribution in [2.45, 2.75) is 52.5 Å². The molecule has 0 aromatic rings. The molecular weight excluding hydrogens is 354 g/mol. The molecule has 0 aromatic carbocycles. The zero-order chi connectivity index (χ0) is 20.7. The van der Waals surface area contributed by atoms with Crippen molar-refractivity contribution < 1.29 is 33.4 Å². The van der Waals surface area contributed by atoms with Crippen LogP contribution in [0.1, 0.15) is 47.0 Å². The van der Waals surface area contributed by atoms with Crippen molar-refractivity contribution in [1.82, 2.24) is 5.32 Å². The quantitative estimate of drug-likeness (QED) is 0.277. The van der Waals surface area contributed by atoms with Crippen LogP contribution >= 0.6 is 0 Å². The van der Waals surface area contributed by atoms with Gasteiger partial charge in [0.05, 0.1) is 39.6 Å².